The molecule has 2 aliphatic rings. The Labute approximate surface area is 155 Å². The fourth-order valence-corrected chi connectivity index (χ4v) is 3.46. The van der Waals surface area contributed by atoms with Gasteiger partial charge < -0.3 is 16.0 Å². The molecule has 0 saturated carbocycles. The van der Waals surface area contributed by atoms with E-state index in [2.05, 4.69) is 20.8 Å². The van der Waals surface area contributed by atoms with E-state index in [-0.39, 0.29) is 18.2 Å². The fraction of sp³-hybridized carbons (Fsp3) is 0.333. The molecule has 2 aliphatic heterocycles. The maximum Gasteiger partial charge on any atom is 0.255 e. The zero-order valence-electron chi connectivity index (χ0n) is 14.6. The van der Waals surface area contributed by atoms with Crippen molar-refractivity contribution in [3.8, 4) is 0 Å². The lowest BCUT2D eigenvalue weighted by atomic mass is 10.0. The van der Waals surface area contributed by atoms with E-state index in [9.17, 15) is 14.4 Å². The second-order valence-electron chi connectivity index (χ2n) is 6.73. The Morgan fingerprint density at radius 1 is 1.26 bits per heavy atom. The lowest BCUT2D eigenvalue weighted by molar-refractivity contribution is -0.136. The van der Waals surface area contributed by atoms with E-state index in [0.29, 0.717) is 37.4 Å². The average Bonchev–Trinajstić information content (AvgIpc) is 3.25. The quantitative estimate of drug-likeness (QED) is 0.559. The third kappa shape index (κ3) is 3.28. The van der Waals surface area contributed by atoms with Gasteiger partial charge in [-0.1, -0.05) is 12.1 Å². The highest BCUT2D eigenvalue weighted by atomic mass is 16.2. The van der Waals surface area contributed by atoms with Crippen molar-refractivity contribution in [2.24, 2.45) is 5.73 Å². The van der Waals surface area contributed by atoms with Crippen LogP contribution in [-0.4, -0.2) is 38.9 Å². The van der Waals surface area contributed by atoms with Gasteiger partial charge in [-0.25, -0.2) is 0 Å². The van der Waals surface area contributed by atoms with Gasteiger partial charge in [-0.3, -0.25) is 24.8 Å². The molecule has 1 aromatic heterocycles. The van der Waals surface area contributed by atoms with Crippen molar-refractivity contribution < 1.29 is 14.4 Å². The van der Waals surface area contributed by atoms with E-state index >= 15 is 0 Å². The molecular weight excluding hydrogens is 348 g/mol. The van der Waals surface area contributed by atoms with Crippen molar-refractivity contribution >= 4 is 23.5 Å². The van der Waals surface area contributed by atoms with E-state index < -0.39 is 11.9 Å². The van der Waals surface area contributed by atoms with E-state index in [1.54, 1.807) is 4.90 Å². The highest BCUT2D eigenvalue weighted by molar-refractivity contribution is 6.05. The molecule has 0 spiro atoms. The van der Waals surface area contributed by atoms with Crippen LogP contribution in [0.2, 0.25) is 0 Å². The summed E-state index contributed by atoms with van der Waals surface area (Å²) in [6.07, 6.45) is 0.613. The van der Waals surface area contributed by atoms with Crippen LogP contribution in [0.25, 0.3) is 0 Å². The van der Waals surface area contributed by atoms with Gasteiger partial charge in [-0.15, -0.1) is 0 Å². The number of nitrogens with zero attached hydrogens (tertiary/aromatic N) is 2. The third-order valence-corrected chi connectivity index (χ3v) is 4.92. The van der Waals surface area contributed by atoms with E-state index in [4.69, 9.17) is 5.73 Å². The number of anilines is 1. The van der Waals surface area contributed by atoms with Crippen molar-refractivity contribution in [2.45, 2.75) is 38.5 Å². The Hall–Kier alpha value is -3.20. The number of amides is 3. The molecule has 140 valence electrons. The second-order valence-corrected chi connectivity index (χ2v) is 6.73. The lowest BCUT2D eigenvalue weighted by Gasteiger charge is -2.29. The van der Waals surface area contributed by atoms with Crippen molar-refractivity contribution in [3.05, 3.63) is 46.6 Å². The fourth-order valence-electron chi connectivity index (χ4n) is 3.46. The number of hydrogen-bond acceptors (Lipinski definition) is 6. The average molecular weight is 368 g/mol. The Morgan fingerprint density at radius 3 is 2.85 bits per heavy atom. The SMILES string of the molecule is NCc1cc(NCc2ccc3c(c2)C(=O)N(C2CCC(=O)NC2=O)C3)n[nH]1. The first-order valence-electron chi connectivity index (χ1n) is 8.80. The number of aromatic amines is 1. The van der Waals surface area contributed by atoms with Gasteiger partial charge in [-0.05, 0) is 23.6 Å². The minimum absolute atomic E-state index is 0.175. The predicted molar refractivity (Wildman–Crippen MR) is 96.3 cm³/mol. The van der Waals surface area contributed by atoms with Crippen molar-refractivity contribution in [1.82, 2.24) is 20.4 Å². The molecule has 1 aromatic carbocycles. The van der Waals surface area contributed by atoms with Gasteiger partial charge >= 0.3 is 0 Å². The highest BCUT2D eigenvalue weighted by Crippen LogP contribution is 2.28. The molecule has 3 heterocycles. The zero-order valence-corrected chi connectivity index (χ0v) is 14.6. The van der Waals surface area contributed by atoms with Gasteiger partial charge in [0.2, 0.25) is 11.8 Å². The summed E-state index contributed by atoms with van der Waals surface area (Å²) in [5.74, 6) is -0.174. The van der Waals surface area contributed by atoms with Crippen LogP contribution in [0.1, 0.15) is 40.0 Å². The minimum Gasteiger partial charge on any atom is -0.365 e. The van der Waals surface area contributed by atoms with Crippen LogP contribution < -0.4 is 16.4 Å². The van der Waals surface area contributed by atoms with Crippen LogP contribution >= 0.6 is 0 Å². The topological polar surface area (TPSA) is 133 Å². The standard InChI is InChI=1S/C18H20N6O3/c19-7-12-6-15(23-22-12)20-8-10-1-2-11-9-24(18(27)13(11)5-10)14-3-4-16(25)21-17(14)26/h1-2,5-6,14H,3-4,7-9,19H2,(H2,20,22,23)(H,21,25,26). The number of carbonyl (C=O) groups is 3. The van der Waals surface area contributed by atoms with Crippen LogP contribution in [0.4, 0.5) is 5.82 Å². The molecule has 5 N–H and O–H groups in total. The van der Waals surface area contributed by atoms with E-state index in [1.807, 2.05) is 24.3 Å². The number of nitrogens with one attached hydrogen (secondary N) is 3. The molecule has 0 aliphatic carbocycles. The number of aromatic nitrogens is 2. The van der Waals surface area contributed by atoms with Crippen LogP contribution in [0.5, 0.6) is 0 Å². The lowest BCUT2D eigenvalue weighted by Crippen LogP contribution is -2.52. The van der Waals surface area contributed by atoms with Gasteiger partial charge in [0.05, 0.1) is 5.69 Å². The van der Waals surface area contributed by atoms with Crippen molar-refractivity contribution in [1.29, 1.82) is 0 Å². The summed E-state index contributed by atoms with van der Waals surface area (Å²) in [6.45, 7) is 1.28. The summed E-state index contributed by atoms with van der Waals surface area (Å²) in [6, 6.07) is 6.94. The number of hydrogen-bond donors (Lipinski definition) is 4. The summed E-state index contributed by atoms with van der Waals surface area (Å²) in [5.41, 5.74) is 8.81. The summed E-state index contributed by atoms with van der Waals surface area (Å²) < 4.78 is 0. The Balaban J connectivity index is 1.46. The largest absolute Gasteiger partial charge is 0.365 e. The van der Waals surface area contributed by atoms with E-state index in [0.717, 1.165) is 16.8 Å². The number of benzene rings is 1. The molecule has 27 heavy (non-hydrogen) atoms. The Morgan fingerprint density at radius 2 is 2.11 bits per heavy atom. The number of fused-ring (bicyclic) bond motifs is 1. The highest BCUT2D eigenvalue weighted by Gasteiger charge is 2.39. The minimum atomic E-state index is -0.595. The van der Waals surface area contributed by atoms with Crippen LogP contribution in [0, 0.1) is 0 Å². The molecule has 1 fully saturated rings. The first kappa shape index (κ1) is 17.2. The molecule has 1 saturated heterocycles. The number of piperidine rings is 1. The monoisotopic (exact) mass is 368 g/mol. The summed E-state index contributed by atoms with van der Waals surface area (Å²) in [5, 5.41) is 12.4. The molecule has 3 amide bonds. The van der Waals surface area contributed by atoms with Gasteiger partial charge in [0.15, 0.2) is 0 Å². The maximum absolute atomic E-state index is 12.8. The normalized spacial score (nSPS) is 19.2. The number of carbonyl (C=O) groups excluding carboxylic acids is 3. The molecule has 2 aromatic rings. The Bertz CT molecular complexity index is 922. The molecule has 0 radical (unpaired) electrons. The van der Waals surface area contributed by atoms with Crippen LogP contribution in [0.15, 0.2) is 24.3 Å². The van der Waals surface area contributed by atoms with E-state index in [1.165, 1.54) is 0 Å². The van der Waals surface area contributed by atoms with Crippen molar-refractivity contribution in [3.63, 3.8) is 0 Å². The predicted octanol–water partition coefficient (Wildman–Crippen LogP) is 0.242. The van der Waals surface area contributed by atoms with Gasteiger partial charge in [0, 0.05) is 37.7 Å². The smallest absolute Gasteiger partial charge is 0.255 e. The second kappa shape index (κ2) is 6.84. The summed E-state index contributed by atoms with van der Waals surface area (Å²) >= 11 is 0. The first-order valence-corrected chi connectivity index (χ1v) is 8.80. The molecule has 1 atom stereocenters. The first-order chi connectivity index (χ1) is 13.0. The van der Waals surface area contributed by atoms with Gasteiger partial charge in [0.1, 0.15) is 11.9 Å². The summed E-state index contributed by atoms with van der Waals surface area (Å²) in [7, 11) is 0. The maximum atomic E-state index is 12.8. The number of rotatable bonds is 5. The zero-order chi connectivity index (χ0) is 19.0. The van der Waals surface area contributed by atoms with Crippen LogP contribution in [0.3, 0.4) is 0 Å². The molecule has 1 unspecified atom stereocenters. The number of imide groups is 1. The van der Waals surface area contributed by atoms with Crippen molar-refractivity contribution in [2.75, 3.05) is 5.32 Å². The Kier molecular flexibility index (Phi) is 4.36. The third-order valence-electron chi connectivity index (χ3n) is 4.92. The number of H-pyrrole nitrogens is 1. The molecule has 0 bridgehead atoms. The summed E-state index contributed by atoms with van der Waals surface area (Å²) in [4.78, 5) is 37.8. The molecule has 9 heteroatoms. The molecule has 9 nitrogen and oxygen atoms in total. The molecular formula is C18H20N6O3. The molecule has 4 rings (SSSR count). The van der Waals surface area contributed by atoms with Gasteiger partial charge in [-0.2, -0.15) is 5.10 Å². The van der Waals surface area contributed by atoms with Crippen LogP contribution in [-0.2, 0) is 29.2 Å². The number of nitrogens with two attached hydrogens (primary N) is 1. The van der Waals surface area contributed by atoms with Gasteiger partial charge in [0.25, 0.3) is 5.91 Å².